The van der Waals surface area contributed by atoms with Crippen molar-refractivity contribution < 1.29 is 80.2 Å². The lowest BCUT2D eigenvalue weighted by Crippen LogP contribution is -2.30. The van der Waals surface area contributed by atoms with Gasteiger partial charge in [-0.1, -0.05) is 299 Å². The van der Waals surface area contributed by atoms with Gasteiger partial charge in [0.1, 0.15) is 19.3 Å². The Kier molecular flexibility index (Phi) is 72.7. The summed E-state index contributed by atoms with van der Waals surface area (Å²) in [5.74, 6) is -2.20. The van der Waals surface area contributed by atoms with Gasteiger partial charge in [-0.05, 0) is 122 Å². The zero-order valence-corrected chi connectivity index (χ0v) is 66.6. The van der Waals surface area contributed by atoms with Gasteiger partial charge in [0.05, 0.1) is 26.4 Å². The van der Waals surface area contributed by atoms with Gasteiger partial charge in [0.25, 0.3) is 0 Å². The van der Waals surface area contributed by atoms with Gasteiger partial charge in [-0.2, -0.15) is 0 Å². The zero-order valence-electron chi connectivity index (χ0n) is 64.8. The van der Waals surface area contributed by atoms with Crippen LogP contribution in [0.15, 0.2) is 85.1 Å². The topological polar surface area (TPSA) is 237 Å². The molecule has 0 aliphatic carbocycles. The summed E-state index contributed by atoms with van der Waals surface area (Å²) in [5.41, 5.74) is 0. The van der Waals surface area contributed by atoms with Gasteiger partial charge in [0.15, 0.2) is 12.2 Å². The largest absolute Gasteiger partial charge is 0.472 e. The molecular weight excluding hydrogens is 1330 g/mol. The number of rotatable bonds is 77. The number of hydrogen-bond donors (Lipinski definition) is 3. The van der Waals surface area contributed by atoms with Crippen molar-refractivity contribution in [3.63, 3.8) is 0 Å². The second-order valence-corrected chi connectivity index (χ2v) is 30.2. The maximum absolute atomic E-state index is 13.1. The minimum Gasteiger partial charge on any atom is -0.462 e. The summed E-state index contributed by atoms with van der Waals surface area (Å²) in [7, 11) is -9.96. The van der Waals surface area contributed by atoms with Crippen LogP contribution in [0, 0.1) is 0 Å². The van der Waals surface area contributed by atoms with Crippen LogP contribution in [-0.4, -0.2) is 96.7 Å². The lowest BCUT2D eigenvalue weighted by Gasteiger charge is -2.21. The van der Waals surface area contributed by atoms with E-state index in [1.807, 2.05) is 0 Å². The molecule has 2 unspecified atom stereocenters. The lowest BCUT2D eigenvalue weighted by atomic mass is 10.0. The smallest absolute Gasteiger partial charge is 0.462 e. The highest BCUT2D eigenvalue weighted by Gasteiger charge is 2.30. The van der Waals surface area contributed by atoms with E-state index in [2.05, 4.69) is 113 Å². The summed E-state index contributed by atoms with van der Waals surface area (Å²) >= 11 is 0. The van der Waals surface area contributed by atoms with E-state index in [4.69, 9.17) is 37.0 Å². The lowest BCUT2D eigenvalue weighted by molar-refractivity contribution is -0.161. The minimum atomic E-state index is -4.98. The van der Waals surface area contributed by atoms with Crippen LogP contribution in [0.5, 0.6) is 0 Å². The third-order valence-electron chi connectivity index (χ3n) is 17.3. The molecule has 0 radical (unpaired) electrons. The Balaban J connectivity index is 5.37. The van der Waals surface area contributed by atoms with Crippen molar-refractivity contribution >= 4 is 39.5 Å². The van der Waals surface area contributed by atoms with Crippen LogP contribution in [0.2, 0.25) is 0 Å². The van der Waals surface area contributed by atoms with Crippen molar-refractivity contribution in [1.82, 2.24) is 0 Å². The third kappa shape index (κ3) is 74.5. The van der Waals surface area contributed by atoms with E-state index in [1.54, 1.807) is 0 Å². The van der Waals surface area contributed by atoms with Gasteiger partial charge >= 0.3 is 39.5 Å². The highest BCUT2D eigenvalue weighted by atomic mass is 31.2. The van der Waals surface area contributed by atoms with E-state index in [9.17, 15) is 43.2 Å². The van der Waals surface area contributed by atoms with Crippen LogP contribution in [-0.2, 0) is 65.4 Å². The SMILES string of the molecule is CC/C=C\C/C=C\C/C=C\C/C=C\C/C=C\CCCCCC(=O)OC[C@H](COP(=O)(O)OC[C@@H](O)COP(=O)(O)OC[C@@H](COC(=O)CCCCCCCCCCCCCCC)OC(=O)CCCCCCCCC/C=C\CCCCCC)OC(=O)CCCCCCC/C=C\CCCCCCCC. The van der Waals surface area contributed by atoms with Crippen LogP contribution < -0.4 is 0 Å². The quantitative estimate of drug-likeness (QED) is 0.0169. The fraction of sp³-hybridized carbons (Fsp3) is 0.783. The molecule has 0 aliphatic heterocycles. The fourth-order valence-corrected chi connectivity index (χ4v) is 12.7. The standard InChI is InChI=1S/C83H148O17P2/c1-5-9-13-17-21-25-29-33-36-37-38-39-42-44-48-52-56-60-64-68-81(86)94-74-79(100-83(88)70-66-62-58-54-50-46-41-35-31-27-23-19-15-11-7-3)76-98-102(91,92)96-72-77(84)71-95-101(89,90)97-75-78(73-93-80(85)67-63-59-55-51-47-43-32-28-24-20-16-12-8-4)99-82(87)69-65-61-57-53-49-45-40-34-30-26-22-18-14-10-6-2/h9,13,21,25-26,30,33,35-36,38-39,41,44,48,77-79,84H,5-8,10-12,14-20,22-24,27-29,31-32,34,37,40,42-43,45-47,49-76H2,1-4H3,(H,89,90)(H,91,92)/b13-9-,25-21-,30-26-,36-33-,39-38-,41-35-,48-44-/t77-,78+,79+/m0/s1. The normalized spacial score (nSPS) is 14.3. The van der Waals surface area contributed by atoms with E-state index in [0.717, 1.165) is 161 Å². The number of esters is 4. The number of aliphatic hydroxyl groups is 1. The summed E-state index contributed by atoms with van der Waals surface area (Å²) in [5, 5.41) is 10.6. The number of ether oxygens (including phenoxy) is 4. The number of allylic oxidation sites excluding steroid dienone is 14. The van der Waals surface area contributed by atoms with Gasteiger partial charge in [-0.3, -0.25) is 37.3 Å². The number of unbranched alkanes of at least 4 members (excludes halogenated alkanes) is 37. The van der Waals surface area contributed by atoms with Crippen molar-refractivity contribution in [2.75, 3.05) is 39.6 Å². The third-order valence-corrected chi connectivity index (χ3v) is 19.2. The number of phosphoric acid groups is 2. The van der Waals surface area contributed by atoms with Crippen molar-refractivity contribution in [3.8, 4) is 0 Å². The molecule has 102 heavy (non-hydrogen) atoms. The Hall–Kier alpha value is -3.76. The molecule has 3 N–H and O–H groups in total. The van der Waals surface area contributed by atoms with Gasteiger partial charge in [-0.15, -0.1) is 0 Å². The van der Waals surface area contributed by atoms with E-state index in [1.165, 1.54) is 122 Å². The molecule has 0 heterocycles. The van der Waals surface area contributed by atoms with Crippen molar-refractivity contribution in [1.29, 1.82) is 0 Å². The number of carbonyl (C=O) groups is 4. The van der Waals surface area contributed by atoms with Gasteiger partial charge < -0.3 is 33.8 Å². The maximum atomic E-state index is 13.1. The molecule has 0 aromatic rings. The fourth-order valence-electron chi connectivity index (χ4n) is 11.1. The highest BCUT2D eigenvalue weighted by Crippen LogP contribution is 2.45. The Morgan fingerprint density at radius 3 is 0.814 bits per heavy atom. The minimum absolute atomic E-state index is 0.0789. The molecule has 0 rings (SSSR count). The average Bonchev–Trinajstić information content (AvgIpc) is 0.920. The van der Waals surface area contributed by atoms with Crippen LogP contribution in [0.4, 0.5) is 0 Å². The molecular formula is C83H148O17P2. The molecule has 0 fully saturated rings. The van der Waals surface area contributed by atoms with E-state index in [0.29, 0.717) is 25.7 Å². The number of hydrogen-bond acceptors (Lipinski definition) is 15. The predicted molar refractivity (Wildman–Crippen MR) is 418 cm³/mol. The van der Waals surface area contributed by atoms with Gasteiger partial charge in [0.2, 0.25) is 0 Å². The Bertz CT molecular complexity index is 2260. The zero-order chi connectivity index (χ0) is 74.6. The molecule has 592 valence electrons. The van der Waals surface area contributed by atoms with Crippen LogP contribution in [0.3, 0.4) is 0 Å². The summed E-state index contributed by atoms with van der Waals surface area (Å²) < 4.78 is 68.6. The van der Waals surface area contributed by atoms with Crippen molar-refractivity contribution in [3.05, 3.63) is 85.1 Å². The molecule has 5 atom stereocenters. The average molecular weight is 1480 g/mol. The molecule has 0 amide bonds. The summed E-state index contributed by atoms with van der Waals surface area (Å²) in [4.78, 5) is 73.0. The van der Waals surface area contributed by atoms with E-state index < -0.39 is 97.5 Å². The first-order valence-corrected chi connectivity index (χ1v) is 43.8. The van der Waals surface area contributed by atoms with Crippen LogP contribution in [0.25, 0.3) is 0 Å². The van der Waals surface area contributed by atoms with Crippen molar-refractivity contribution in [2.24, 2.45) is 0 Å². The van der Waals surface area contributed by atoms with Crippen molar-refractivity contribution in [2.45, 2.75) is 380 Å². The summed E-state index contributed by atoms with van der Waals surface area (Å²) in [6, 6.07) is 0. The molecule has 0 aliphatic rings. The predicted octanol–water partition coefficient (Wildman–Crippen LogP) is 23.8. The molecule has 0 saturated heterocycles. The first-order chi connectivity index (χ1) is 49.7. The van der Waals surface area contributed by atoms with E-state index >= 15 is 0 Å². The second-order valence-electron chi connectivity index (χ2n) is 27.3. The highest BCUT2D eigenvalue weighted by molar-refractivity contribution is 7.47. The summed E-state index contributed by atoms with van der Waals surface area (Å²) in [6.45, 7) is 4.75. The Morgan fingerprint density at radius 1 is 0.284 bits per heavy atom. The molecule has 0 aromatic carbocycles. The molecule has 17 nitrogen and oxygen atoms in total. The Morgan fingerprint density at radius 2 is 0.510 bits per heavy atom. The first kappa shape index (κ1) is 98.2. The monoisotopic (exact) mass is 1480 g/mol. The van der Waals surface area contributed by atoms with Crippen LogP contribution in [0.1, 0.15) is 362 Å². The van der Waals surface area contributed by atoms with E-state index in [-0.39, 0.29) is 25.7 Å². The van der Waals surface area contributed by atoms with Crippen LogP contribution >= 0.6 is 15.6 Å². The van der Waals surface area contributed by atoms with Gasteiger partial charge in [-0.25, -0.2) is 9.13 Å². The first-order valence-electron chi connectivity index (χ1n) is 40.8. The summed E-state index contributed by atoms with van der Waals surface area (Å²) in [6.07, 6.45) is 78.4. The molecule has 19 heteroatoms. The second kappa shape index (κ2) is 75.5. The molecule has 0 saturated carbocycles. The van der Waals surface area contributed by atoms with Gasteiger partial charge in [0, 0.05) is 25.7 Å². The molecule has 0 aromatic heterocycles. The number of carbonyl (C=O) groups excluding carboxylic acids is 4. The Labute approximate surface area is 621 Å². The maximum Gasteiger partial charge on any atom is 0.472 e. The molecule has 0 spiro atoms. The number of aliphatic hydroxyl groups excluding tert-OH is 1. The molecule has 0 bridgehead atoms. The number of phosphoric ester groups is 2.